The van der Waals surface area contributed by atoms with E-state index in [0.29, 0.717) is 48.0 Å². The van der Waals surface area contributed by atoms with E-state index in [0.717, 1.165) is 5.56 Å². The molecule has 0 aliphatic heterocycles. The number of rotatable bonds is 9. The summed E-state index contributed by atoms with van der Waals surface area (Å²) in [5, 5.41) is 6.25. The number of ether oxygens (including phenoxy) is 1. The number of carbonyl (C=O) groups excluding carboxylic acids is 2. The first-order chi connectivity index (χ1) is 14.6. The molecule has 30 heavy (non-hydrogen) atoms. The molecule has 6 nitrogen and oxygen atoms in total. The predicted octanol–water partition coefficient (Wildman–Crippen LogP) is 4.46. The summed E-state index contributed by atoms with van der Waals surface area (Å²) in [5.41, 5.74) is 2.15. The number of nitrogens with zero attached hydrogens (tertiary/aromatic N) is 1. The molecule has 1 aromatic heterocycles. The Kier molecular flexibility index (Phi) is 7.80. The Labute approximate surface area is 180 Å². The highest BCUT2D eigenvalue weighted by Crippen LogP contribution is 2.23. The standard InChI is InChI=1S/C23H22ClN3O3/c24-20-6-1-2-7-21(20)30-14-4-8-22(28)27-19-11-9-17(10-12-19)15-26-23(29)18-5-3-13-25-16-18/h1-3,5-7,9-13,16H,4,8,14-15H2,(H,26,29)(H,27,28). The summed E-state index contributed by atoms with van der Waals surface area (Å²) in [7, 11) is 0. The normalized spacial score (nSPS) is 10.3. The van der Waals surface area contributed by atoms with Crippen LogP contribution in [0.25, 0.3) is 0 Å². The average molecular weight is 424 g/mol. The third kappa shape index (κ3) is 6.60. The van der Waals surface area contributed by atoms with Gasteiger partial charge in [0.15, 0.2) is 0 Å². The molecule has 0 aliphatic rings. The summed E-state index contributed by atoms with van der Waals surface area (Å²) in [6.07, 6.45) is 4.06. The predicted molar refractivity (Wildman–Crippen MR) is 117 cm³/mol. The Morgan fingerprint density at radius 2 is 1.80 bits per heavy atom. The second kappa shape index (κ2) is 11.0. The molecule has 154 valence electrons. The van der Waals surface area contributed by atoms with Crippen LogP contribution in [0.5, 0.6) is 5.75 Å². The first kappa shape index (κ1) is 21.3. The summed E-state index contributed by atoms with van der Waals surface area (Å²) < 4.78 is 5.58. The smallest absolute Gasteiger partial charge is 0.253 e. The van der Waals surface area contributed by atoms with Crippen LogP contribution in [0.3, 0.4) is 0 Å². The lowest BCUT2D eigenvalue weighted by Gasteiger charge is -2.09. The molecule has 1 heterocycles. The highest BCUT2D eigenvalue weighted by atomic mass is 35.5. The van der Waals surface area contributed by atoms with Gasteiger partial charge in [-0.05, 0) is 48.4 Å². The van der Waals surface area contributed by atoms with E-state index in [1.165, 1.54) is 6.20 Å². The Hall–Kier alpha value is -3.38. The third-order valence-corrected chi connectivity index (χ3v) is 4.57. The van der Waals surface area contributed by atoms with Crippen LogP contribution in [-0.4, -0.2) is 23.4 Å². The largest absolute Gasteiger partial charge is 0.492 e. The fourth-order valence-corrected chi connectivity index (χ4v) is 2.88. The van der Waals surface area contributed by atoms with Crippen molar-refractivity contribution >= 4 is 29.1 Å². The topological polar surface area (TPSA) is 80.3 Å². The van der Waals surface area contributed by atoms with Crippen LogP contribution in [0.4, 0.5) is 5.69 Å². The lowest BCUT2D eigenvalue weighted by Crippen LogP contribution is -2.22. The zero-order chi connectivity index (χ0) is 21.2. The van der Waals surface area contributed by atoms with E-state index >= 15 is 0 Å². The van der Waals surface area contributed by atoms with Gasteiger partial charge in [-0.25, -0.2) is 0 Å². The Balaban J connectivity index is 1.38. The lowest BCUT2D eigenvalue weighted by atomic mass is 10.2. The van der Waals surface area contributed by atoms with Gasteiger partial charge in [-0.15, -0.1) is 0 Å². The van der Waals surface area contributed by atoms with Crippen molar-refractivity contribution in [1.82, 2.24) is 10.3 Å². The van der Waals surface area contributed by atoms with Crippen LogP contribution in [0.2, 0.25) is 5.02 Å². The zero-order valence-electron chi connectivity index (χ0n) is 16.3. The quantitative estimate of drug-likeness (QED) is 0.498. The Bertz CT molecular complexity index is 978. The molecule has 0 bridgehead atoms. The molecule has 0 spiro atoms. The van der Waals surface area contributed by atoms with E-state index in [9.17, 15) is 9.59 Å². The van der Waals surface area contributed by atoms with Gasteiger partial charge in [0.1, 0.15) is 5.75 Å². The molecule has 2 amide bonds. The van der Waals surface area contributed by atoms with Crippen molar-refractivity contribution in [1.29, 1.82) is 0 Å². The highest BCUT2D eigenvalue weighted by Gasteiger charge is 2.06. The molecule has 0 atom stereocenters. The van der Waals surface area contributed by atoms with E-state index in [2.05, 4.69) is 15.6 Å². The second-order valence-electron chi connectivity index (χ2n) is 6.55. The van der Waals surface area contributed by atoms with E-state index in [1.54, 1.807) is 30.5 Å². The third-order valence-electron chi connectivity index (χ3n) is 4.26. The summed E-state index contributed by atoms with van der Waals surface area (Å²) >= 11 is 6.03. The molecule has 7 heteroatoms. The van der Waals surface area contributed by atoms with Gasteiger partial charge in [-0.1, -0.05) is 35.9 Å². The van der Waals surface area contributed by atoms with Gasteiger partial charge in [0.25, 0.3) is 5.91 Å². The Morgan fingerprint density at radius 1 is 1.00 bits per heavy atom. The number of aromatic nitrogens is 1. The van der Waals surface area contributed by atoms with Crippen LogP contribution in [0, 0.1) is 0 Å². The molecule has 0 radical (unpaired) electrons. The maximum absolute atomic E-state index is 12.1. The average Bonchev–Trinajstić information content (AvgIpc) is 2.78. The fraction of sp³-hybridized carbons (Fsp3) is 0.174. The molecule has 3 rings (SSSR count). The van der Waals surface area contributed by atoms with Gasteiger partial charge in [0.2, 0.25) is 5.91 Å². The molecule has 2 N–H and O–H groups in total. The van der Waals surface area contributed by atoms with Gasteiger partial charge < -0.3 is 15.4 Å². The monoisotopic (exact) mass is 423 g/mol. The number of hydrogen-bond acceptors (Lipinski definition) is 4. The van der Waals surface area contributed by atoms with Crippen molar-refractivity contribution in [3.8, 4) is 5.75 Å². The number of nitrogens with one attached hydrogen (secondary N) is 2. The Morgan fingerprint density at radius 3 is 2.53 bits per heavy atom. The van der Waals surface area contributed by atoms with Crippen molar-refractivity contribution in [2.45, 2.75) is 19.4 Å². The van der Waals surface area contributed by atoms with Gasteiger partial charge >= 0.3 is 0 Å². The molecule has 0 saturated heterocycles. The van der Waals surface area contributed by atoms with Gasteiger partial charge in [0, 0.05) is 31.0 Å². The van der Waals surface area contributed by atoms with Crippen molar-refractivity contribution in [3.63, 3.8) is 0 Å². The van der Waals surface area contributed by atoms with Crippen LogP contribution >= 0.6 is 11.6 Å². The SMILES string of the molecule is O=C(CCCOc1ccccc1Cl)Nc1ccc(CNC(=O)c2cccnc2)cc1. The maximum Gasteiger partial charge on any atom is 0.253 e. The van der Waals surface area contributed by atoms with Crippen LogP contribution in [0.15, 0.2) is 73.1 Å². The van der Waals surface area contributed by atoms with Crippen LogP contribution in [0.1, 0.15) is 28.8 Å². The van der Waals surface area contributed by atoms with E-state index in [1.807, 2.05) is 36.4 Å². The van der Waals surface area contributed by atoms with Gasteiger partial charge in [0.05, 0.1) is 17.2 Å². The fourth-order valence-electron chi connectivity index (χ4n) is 2.69. The highest BCUT2D eigenvalue weighted by molar-refractivity contribution is 6.32. The van der Waals surface area contributed by atoms with Gasteiger partial charge in [-0.3, -0.25) is 14.6 Å². The van der Waals surface area contributed by atoms with Crippen LogP contribution in [-0.2, 0) is 11.3 Å². The second-order valence-corrected chi connectivity index (χ2v) is 6.96. The van der Waals surface area contributed by atoms with E-state index < -0.39 is 0 Å². The summed E-state index contributed by atoms with van der Waals surface area (Å²) in [4.78, 5) is 28.1. The summed E-state index contributed by atoms with van der Waals surface area (Å²) in [5.74, 6) is 0.348. The van der Waals surface area contributed by atoms with Crippen molar-refractivity contribution < 1.29 is 14.3 Å². The molecule has 3 aromatic rings. The lowest BCUT2D eigenvalue weighted by molar-refractivity contribution is -0.116. The molecule has 0 aliphatic carbocycles. The van der Waals surface area contributed by atoms with E-state index in [-0.39, 0.29) is 11.8 Å². The summed E-state index contributed by atoms with van der Waals surface area (Å²) in [6.45, 7) is 0.800. The van der Waals surface area contributed by atoms with E-state index in [4.69, 9.17) is 16.3 Å². The number of amides is 2. The number of anilines is 1. The number of benzene rings is 2. The summed E-state index contributed by atoms with van der Waals surface area (Å²) in [6, 6.07) is 18.0. The molecular formula is C23H22ClN3O3. The first-order valence-corrected chi connectivity index (χ1v) is 9.94. The number of hydrogen-bond donors (Lipinski definition) is 2. The van der Waals surface area contributed by atoms with Crippen molar-refractivity contribution in [3.05, 3.63) is 89.2 Å². The zero-order valence-corrected chi connectivity index (χ0v) is 17.1. The van der Waals surface area contributed by atoms with Gasteiger partial charge in [-0.2, -0.15) is 0 Å². The van der Waals surface area contributed by atoms with Crippen molar-refractivity contribution in [2.75, 3.05) is 11.9 Å². The molecule has 0 fully saturated rings. The minimum absolute atomic E-state index is 0.0876. The number of halogens is 1. The first-order valence-electron chi connectivity index (χ1n) is 9.56. The molecule has 0 unspecified atom stereocenters. The number of para-hydroxylation sites is 1. The minimum Gasteiger partial charge on any atom is -0.492 e. The molecular weight excluding hydrogens is 402 g/mol. The number of carbonyl (C=O) groups is 2. The number of pyridine rings is 1. The van der Waals surface area contributed by atoms with Crippen LogP contribution < -0.4 is 15.4 Å². The molecule has 0 saturated carbocycles. The van der Waals surface area contributed by atoms with Crippen molar-refractivity contribution in [2.24, 2.45) is 0 Å². The molecule has 2 aromatic carbocycles. The minimum atomic E-state index is -0.181. The maximum atomic E-state index is 12.1.